The number of hydrogen-bond donors (Lipinski definition) is 0. The van der Waals surface area contributed by atoms with Gasteiger partial charge in [0.15, 0.2) is 16.5 Å². The number of carbonyl (C=O) groups excluding carboxylic acids is 2. The zero-order valence-corrected chi connectivity index (χ0v) is 26.3. The maximum atomic E-state index is 11.9. The Morgan fingerprint density at radius 2 is 1.63 bits per heavy atom. The fourth-order valence-electron chi connectivity index (χ4n) is 3.34. The molecule has 2 saturated heterocycles. The van der Waals surface area contributed by atoms with Gasteiger partial charge >= 0.3 is 11.3 Å². The van der Waals surface area contributed by atoms with E-state index >= 15 is 0 Å². The van der Waals surface area contributed by atoms with Gasteiger partial charge in [-0.3, -0.25) is 13.8 Å². The molecule has 0 radical (unpaired) electrons. The summed E-state index contributed by atoms with van der Waals surface area (Å²) in [6.07, 6.45) is 7.92. The van der Waals surface area contributed by atoms with Crippen LogP contribution in [0.1, 0.15) is 51.1 Å². The second kappa shape index (κ2) is 17.5. The summed E-state index contributed by atoms with van der Waals surface area (Å²) in [5.74, 6) is 0. The highest BCUT2D eigenvalue weighted by molar-refractivity contribution is 8.24. The summed E-state index contributed by atoms with van der Waals surface area (Å²) in [6.45, 7) is 10.8. The third-order valence-corrected chi connectivity index (χ3v) is 6.69. The molecule has 0 saturated carbocycles. The maximum Gasteiger partial charge on any atom is 0.410 e. The third-order valence-electron chi connectivity index (χ3n) is 4.88. The molecule has 0 spiro atoms. The second-order valence-electron chi connectivity index (χ2n) is 8.88. The van der Waals surface area contributed by atoms with Crippen LogP contribution < -0.4 is 9.80 Å². The first-order chi connectivity index (χ1) is 18.3. The zero-order valence-electron chi connectivity index (χ0n) is 22.5. The average Bonchev–Trinajstić information content (AvgIpc) is 3.56. The van der Waals surface area contributed by atoms with E-state index in [-0.39, 0.29) is 6.09 Å². The molecule has 2 aliphatic heterocycles. The van der Waals surface area contributed by atoms with Crippen molar-refractivity contribution in [3.8, 4) is 0 Å². The highest BCUT2D eigenvalue weighted by Gasteiger charge is 2.26. The molecule has 2 aromatic heterocycles. The van der Waals surface area contributed by atoms with Crippen LogP contribution in [-0.2, 0) is 9.30 Å². The molecule has 38 heavy (non-hydrogen) atoms. The van der Waals surface area contributed by atoms with Crippen LogP contribution >= 0.6 is 61.6 Å². The molecule has 1 amide bonds. The molecule has 0 aliphatic carbocycles. The van der Waals surface area contributed by atoms with Crippen molar-refractivity contribution in [1.29, 1.82) is 0 Å². The summed E-state index contributed by atoms with van der Waals surface area (Å²) < 4.78 is 30.4. The summed E-state index contributed by atoms with van der Waals surface area (Å²) in [6, 6.07) is 0. The van der Waals surface area contributed by atoms with Gasteiger partial charge in [0.1, 0.15) is 5.60 Å². The molecule has 0 bridgehead atoms. The van der Waals surface area contributed by atoms with Gasteiger partial charge in [0.2, 0.25) is 0 Å². The maximum absolute atomic E-state index is 11.9. The van der Waals surface area contributed by atoms with Crippen LogP contribution in [0.5, 0.6) is 0 Å². The van der Waals surface area contributed by atoms with Crippen LogP contribution in [0.25, 0.3) is 0 Å². The van der Waals surface area contributed by atoms with Gasteiger partial charge in [-0.15, -0.1) is 11.3 Å². The number of halogens is 4. The van der Waals surface area contributed by atoms with E-state index in [1.807, 2.05) is 26.2 Å². The highest BCUT2D eigenvalue weighted by Crippen LogP contribution is 2.61. The van der Waals surface area contributed by atoms with E-state index in [0.29, 0.717) is 13.1 Å². The highest BCUT2D eigenvalue weighted by atomic mass is 36.0. The molecule has 9 nitrogen and oxygen atoms in total. The molecule has 4 heterocycles. The molecule has 0 atom stereocenters. The van der Waals surface area contributed by atoms with Gasteiger partial charge in [-0.2, -0.15) is 0 Å². The smallest absolute Gasteiger partial charge is 0.410 e. The van der Waals surface area contributed by atoms with E-state index in [9.17, 15) is 18.5 Å². The summed E-state index contributed by atoms with van der Waals surface area (Å²) in [5, 5.41) is 0.774. The van der Waals surface area contributed by atoms with E-state index in [1.165, 1.54) is 30.6 Å². The fourth-order valence-corrected chi connectivity index (χ4v) is 4.82. The summed E-state index contributed by atoms with van der Waals surface area (Å²) in [7, 11) is -1.00. The number of alkyl halides is 1. The van der Waals surface area contributed by atoms with Crippen LogP contribution in [0.4, 0.5) is 19.4 Å². The minimum atomic E-state index is -3.22. The Morgan fingerprint density at radius 3 is 2.08 bits per heavy atom. The number of aromatic nitrogens is 2. The van der Waals surface area contributed by atoms with Crippen molar-refractivity contribution in [3.63, 3.8) is 0 Å². The Hall–Kier alpha value is -1.17. The Labute approximate surface area is 247 Å². The predicted molar refractivity (Wildman–Crippen MR) is 158 cm³/mol. The number of nitrogens with zero attached hydrogens (tertiary/aromatic N) is 5. The van der Waals surface area contributed by atoms with Gasteiger partial charge in [0.25, 0.3) is 0 Å². The standard InChI is InChI=1S/C12H19N3O2S.C9H12N2OS.CH3F.Cl3OP/c1-12(2,3)17-11(16)15-7-5-14(6-8-15)10-13-4-9-18-10;12-7-8-6-10-9(13-8)11-4-2-1-3-5-11;1-2;1-5(2,3)4/h4,9H,5-8H2,1-3H3;6-7H,1-5H2;1H3;/i;;1D;. The van der Waals surface area contributed by atoms with Crippen molar-refractivity contribution in [3.05, 3.63) is 22.7 Å². The number of hydrogen-bond acceptors (Lipinski definition) is 10. The van der Waals surface area contributed by atoms with Crippen LogP contribution in [0.15, 0.2) is 17.8 Å². The number of amides is 1. The first-order valence-electron chi connectivity index (χ1n) is 12.3. The first kappa shape index (κ1) is 33.0. The Kier molecular flexibility index (Phi) is 15.2. The summed E-state index contributed by atoms with van der Waals surface area (Å²) >= 11 is 17.0. The molecular formula is C22H34Cl3FN5O4PS2. The summed E-state index contributed by atoms with van der Waals surface area (Å²) in [4.78, 5) is 37.8. The van der Waals surface area contributed by atoms with Gasteiger partial charge in [-0.05, 0) is 73.8 Å². The van der Waals surface area contributed by atoms with Gasteiger partial charge in [0.05, 0.1) is 19.6 Å². The lowest BCUT2D eigenvalue weighted by Gasteiger charge is -2.35. The van der Waals surface area contributed by atoms with E-state index in [2.05, 4.69) is 53.5 Å². The number of ether oxygens (including phenoxy) is 1. The molecule has 216 valence electrons. The molecule has 2 aromatic rings. The number of rotatable bonds is 3. The molecule has 0 unspecified atom stereocenters. The van der Waals surface area contributed by atoms with Crippen molar-refractivity contribution in [2.24, 2.45) is 0 Å². The lowest BCUT2D eigenvalue weighted by Crippen LogP contribution is -2.50. The number of carbonyl (C=O) groups is 2. The number of thiazole rings is 2. The molecule has 2 fully saturated rings. The predicted octanol–water partition coefficient (Wildman–Crippen LogP) is 7.54. The van der Waals surface area contributed by atoms with Crippen LogP contribution in [0.2, 0.25) is 0 Å². The van der Waals surface area contributed by atoms with Crippen molar-refractivity contribution in [2.75, 3.05) is 56.2 Å². The topological polar surface area (TPSA) is 95.9 Å². The largest absolute Gasteiger partial charge is 0.444 e. The van der Waals surface area contributed by atoms with E-state index in [1.54, 1.807) is 28.6 Å². The second-order valence-corrected chi connectivity index (χ2v) is 17.4. The molecular weight excluding hydrogens is 619 g/mol. The van der Waals surface area contributed by atoms with E-state index < -0.39 is 18.0 Å². The van der Waals surface area contributed by atoms with Crippen LogP contribution in [0.3, 0.4) is 0 Å². The Bertz CT molecular complexity index is 1010. The lowest BCUT2D eigenvalue weighted by atomic mass is 10.1. The number of anilines is 2. The van der Waals surface area contributed by atoms with Crippen molar-refractivity contribution >= 4 is 84.2 Å². The van der Waals surface area contributed by atoms with Gasteiger partial charge in [-0.25, -0.2) is 14.8 Å². The van der Waals surface area contributed by atoms with Gasteiger partial charge in [0, 0.05) is 50.8 Å². The molecule has 2 aliphatic rings. The van der Waals surface area contributed by atoms with Gasteiger partial charge in [-0.1, -0.05) is 11.3 Å². The molecule has 0 aromatic carbocycles. The van der Waals surface area contributed by atoms with E-state index in [0.717, 1.165) is 47.6 Å². The average molecular weight is 654 g/mol. The van der Waals surface area contributed by atoms with Gasteiger partial charge < -0.3 is 19.4 Å². The molecule has 4 rings (SSSR count). The summed E-state index contributed by atoms with van der Waals surface area (Å²) in [5.41, 5.74) is -0.427. The third kappa shape index (κ3) is 14.8. The van der Waals surface area contributed by atoms with Crippen molar-refractivity contribution in [1.82, 2.24) is 14.9 Å². The zero-order chi connectivity index (χ0) is 29.5. The normalized spacial score (nSPS) is 16.0. The SMILES string of the molecule is CC(C)(C)OC(=O)N1CCN(c2nccs2)CC1.O=Cc1cnc(N2CCCCC2)s1.O=P(Cl)(Cl)Cl.[2H]CF. The molecule has 16 heteroatoms. The fraction of sp³-hybridized carbons (Fsp3) is 0.636. The van der Waals surface area contributed by atoms with Crippen molar-refractivity contribution in [2.45, 2.75) is 45.6 Å². The Morgan fingerprint density at radius 1 is 1.08 bits per heavy atom. The quantitative estimate of drug-likeness (QED) is 0.248. The molecule has 0 N–H and O–H groups in total. The minimum Gasteiger partial charge on any atom is -0.444 e. The minimum absolute atomic E-state index is 0.221. The van der Waals surface area contributed by atoms with Crippen molar-refractivity contribution < 1.29 is 24.7 Å². The van der Waals surface area contributed by atoms with Crippen LogP contribution in [-0.4, -0.2) is 79.3 Å². The Balaban J connectivity index is 0.000000315. The van der Waals surface area contributed by atoms with E-state index in [4.69, 9.17) is 6.11 Å². The number of aldehydes is 1. The lowest BCUT2D eigenvalue weighted by molar-refractivity contribution is 0.0240. The number of piperazine rings is 1. The monoisotopic (exact) mass is 652 g/mol. The van der Waals surface area contributed by atoms with Crippen LogP contribution in [0, 0.1) is 0 Å². The number of piperidine rings is 1. The first-order valence-corrected chi connectivity index (χ1v) is 17.7.